The van der Waals surface area contributed by atoms with Crippen molar-refractivity contribution in [2.45, 2.75) is 51.7 Å². The van der Waals surface area contributed by atoms with Gasteiger partial charge >= 0.3 is 5.63 Å². The third kappa shape index (κ3) is 3.35. The van der Waals surface area contributed by atoms with Gasteiger partial charge in [0.1, 0.15) is 17.5 Å². The van der Waals surface area contributed by atoms with Crippen LogP contribution in [0, 0.1) is 6.92 Å². The van der Waals surface area contributed by atoms with Gasteiger partial charge in [-0.1, -0.05) is 18.6 Å². The highest BCUT2D eigenvalue weighted by Gasteiger charge is 2.25. The maximum Gasteiger partial charge on any atom is 0.347 e. The van der Waals surface area contributed by atoms with E-state index in [1.165, 1.54) is 6.20 Å². The normalized spacial score (nSPS) is 18.2. The fourth-order valence-electron chi connectivity index (χ4n) is 3.94. The Morgan fingerprint density at radius 1 is 1.44 bits per heavy atom. The van der Waals surface area contributed by atoms with Crippen LogP contribution < -0.4 is 16.3 Å². The zero-order valence-corrected chi connectivity index (χ0v) is 15.6. The number of nitrogens with one attached hydrogen (secondary N) is 2. The summed E-state index contributed by atoms with van der Waals surface area (Å²) < 4.78 is 6.98. The number of hydrogen-bond donors (Lipinski definition) is 2. The van der Waals surface area contributed by atoms with Gasteiger partial charge in [0.15, 0.2) is 0 Å². The minimum Gasteiger partial charge on any atom is -0.422 e. The first kappa shape index (κ1) is 17.7. The number of nitrogens with zero attached hydrogens (tertiary/aromatic N) is 2. The fraction of sp³-hybridized carbons (Fsp3) is 0.450. The van der Waals surface area contributed by atoms with E-state index < -0.39 is 5.63 Å². The van der Waals surface area contributed by atoms with E-state index in [0.717, 1.165) is 36.8 Å². The molecule has 0 saturated carbocycles. The van der Waals surface area contributed by atoms with Crippen molar-refractivity contribution in [3.63, 3.8) is 0 Å². The molecule has 2 aromatic heterocycles. The maximum absolute atomic E-state index is 12.7. The Morgan fingerprint density at radius 3 is 3.04 bits per heavy atom. The molecular formula is C20H24N4O3. The van der Waals surface area contributed by atoms with E-state index in [-0.39, 0.29) is 18.5 Å². The highest BCUT2D eigenvalue weighted by molar-refractivity contribution is 6.02. The van der Waals surface area contributed by atoms with E-state index in [4.69, 9.17) is 4.42 Å². The number of benzene rings is 1. The number of aromatic nitrogens is 2. The summed E-state index contributed by atoms with van der Waals surface area (Å²) >= 11 is 0. The van der Waals surface area contributed by atoms with Gasteiger partial charge in [0.05, 0.1) is 11.7 Å². The number of carbonyl (C=O) groups excluding carboxylic acids is 1. The van der Waals surface area contributed by atoms with Crippen LogP contribution in [-0.2, 0) is 11.3 Å². The van der Waals surface area contributed by atoms with Gasteiger partial charge in [-0.2, -0.15) is 5.10 Å². The van der Waals surface area contributed by atoms with Gasteiger partial charge in [-0.3, -0.25) is 9.48 Å². The molecule has 1 aliphatic heterocycles. The van der Waals surface area contributed by atoms with Crippen LogP contribution in [0.2, 0.25) is 0 Å². The number of amides is 1. The van der Waals surface area contributed by atoms with Gasteiger partial charge in [0.25, 0.3) is 0 Å². The average molecular weight is 368 g/mol. The molecule has 2 atom stereocenters. The first-order valence-electron chi connectivity index (χ1n) is 9.48. The number of rotatable bonds is 5. The van der Waals surface area contributed by atoms with Crippen molar-refractivity contribution >= 4 is 27.8 Å². The molecule has 7 nitrogen and oxygen atoms in total. The Kier molecular flexibility index (Phi) is 4.70. The van der Waals surface area contributed by atoms with E-state index in [9.17, 15) is 9.59 Å². The number of fused-ring (bicyclic) bond motifs is 3. The van der Waals surface area contributed by atoms with Crippen molar-refractivity contribution in [2.24, 2.45) is 0 Å². The molecule has 4 rings (SSSR count). The van der Waals surface area contributed by atoms with Crippen LogP contribution in [0.3, 0.4) is 0 Å². The van der Waals surface area contributed by atoms with Gasteiger partial charge in [-0.25, -0.2) is 4.79 Å². The lowest BCUT2D eigenvalue weighted by atomic mass is 10.0. The van der Waals surface area contributed by atoms with Crippen molar-refractivity contribution in [3.05, 3.63) is 40.4 Å². The summed E-state index contributed by atoms with van der Waals surface area (Å²) in [6.07, 6.45) is 4.57. The van der Waals surface area contributed by atoms with Crippen molar-refractivity contribution < 1.29 is 9.21 Å². The third-order valence-corrected chi connectivity index (χ3v) is 5.32. The van der Waals surface area contributed by atoms with E-state index >= 15 is 0 Å². The van der Waals surface area contributed by atoms with Crippen LogP contribution in [0.15, 0.2) is 33.6 Å². The number of aryl methyl sites for hydroxylation is 1. The lowest BCUT2D eigenvalue weighted by molar-refractivity contribution is -0.122. The Labute approximate surface area is 156 Å². The molecule has 7 heteroatoms. The molecule has 0 spiro atoms. The minimum absolute atomic E-state index is 0.0687. The van der Waals surface area contributed by atoms with Crippen LogP contribution >= 0.6 is 0 Å². The van der Waals surface area contributed by atoms with Crippen molar-refractivity contribution in [2.75, 3.05) is 6.54 Å². The first-order valence-corrected chi connectivity index (χ1v) is 9.48. The van der Waals surface area contributed by atoms with E-state index in [1.807, 2.05) is 19.1 Å². The van der Waals surface area contributed by atoms with Crippen LogP contribution in [0.5, 0.6) is 0 Å². The smallest absolute Gasteiger partial charge is 0.347 e. The second-order valence-electron chi connectivity index (χ2n) is 7.24. The highest BCUT2D eigenvalue weighted by atomic mass is 16.4. The molecule has 3 heterocycles. The van der Waals surface area contributed by atoms with Gasteiger partial charge < -0.3 is 15.1 Å². The Morgan fingerprint density at radius 2 is 2.30 bits per heavy atom. The highest BCUT2D eigenvalue weighted by Crippen LogP contribution is 2.23. The van der Waals surface area contributed by atoms with Crippen molar-refractivity contribution in [1.82, 2.24) is 20.4 Å². The summed E-state index contributed by atoms with van der Waals surface area (Å²) in [6, 6.07) is 6.05. The summed E-state index contributed by atoms with van der Waals surface area (Å²) in [7, 11) is 0. The molecular weight excluding hydrogens is 344 g/mol. The molecule has 3 aromatic rings. The molecule has 1 aromatic carbocycles. The molecule has 1 amide bonds. The lowest BCUT2D eigenvalue weighted by Gasteiger charge is -2.23. The molecule has 0 aliphatic carbocycles. The minimum atomic E-state index is -0.436. The van der Waals surface area contributed by atoms with Gasteiger partial charge in [-0.05, 0) is 44.9 Å². The van der Waals surface area contributed by atoms with Crippen LogP contribution in [0.4, 0.5) is 0 Å². The molecule has 1 saturated heterocycles. The van der Waals surface area contributed by atoms with Crippen LogP contribution in [-0.4, -0.2) is 34.3 Å². The van der Waals surface area contributed by atoms with Crippen molar-refractivity contribution in [1.29, 1.82) is 0 Å². The largest absolute Gasteiger partial charge is 0.422 e. The standard InChI is InChI=1S/C20H24N4O3/c1-3-15(16-5-4-8-21-16)23-18(25)11-24-19-13-9-12(2)6-7-17(13)27-20(26)14(19)10-22-24/h6-7,9-10,15-16,21H,3-5,8,11H2,1-2H3,(H,23,25). The number of hydrogen-bond acceptors (Lipinski definition) is 5. The van der Waals surface area contributed by atoms with E-state index in [1.54, 1.807) is 10.7 Å². The quantitative estimate of drug-likeness (QED) is 0.673. The van der Waals surface area contributed by atoms with Gasteiger partial charge in [0, 0.05) is 17.5 Å². The molecule has 27 heavy (non-hydrogen) atoms. The number of carbonyl (C=O) groups is 1. The Balaban J connectivity index is 1.65. The summed E-state index contributed by atoms with van der Waals surface area (Å²) in [5, 5.41) is 12.0. The van der Waals surface area contributed by atoms with Crippen LogP contribution in [0.25, 0.3) is 21.9 Å². The molecule has 2 N–H and O–H groups in total. The SMILES string of the molecule is CCC(NC(=O)Cn1ncc2c(=O)oc3ccc(C)cc3c21)C1CCCN1. The molecule has 142 valence electrons. The van der Waals surface area contributed by atoms with Crippen LogP contribution in [0.1, 0.15) is 31.7 Å². The Hall–Kier alpha value is -2.67. The molecule has 1 fully saturated rings. The maximum atomic E-state index is 12.7. The summed E-state index contributed by atoms with van der Waals surface area (Å²) in [5.74, 6) is -0.102. The predicted octanol–water partition coefficient (Wildman–Crippen LogP) is 2.10. The lowest BCUT2D eigenvalue weighted by Crippen LogP contribution is -2.48. The summed E-state index contributed by atoms with van der Waals surface area (Å²) in [5.41, 5.74) is 1.76. The average Bonchev–Trinajstić information content (AvgIpc) is 3.31. The molecule has 0 bridgehead atoms. The molecule has 2 unspecified atom stereocenters. The van der Waals surface area contributed by atoms with E-state index in [0.29, 0.717) is 22.5 Å². The second kappa shape index (κ2) is 7.15. The monoisotopic (exact) mass is 368 g/mol. The predicted molar refractivity (Wildman–Crippen MR) is 104 cm³/mol. The summed E-state index contributed by atoms with van der Waals surface area (Å²) in [6.45, 7) is 5.13. The Bertz CT molecular complexity index is 1050. The summed E-state index contributed by atoms with van der Waals surface area (Å²) in [4.78, 5) is 24.9. The molecule has 0 radical (unpaired) electrons. The fourth-order valence-corrected chi connectivity index (χ4v) is 3.94. The van der Waals surface area contributed by atoms with Gasteiger partial charge in [-0.15, -0.1) is 0 Å². The first-order chi connectivity index (χ1) is 13.1. The third-order valence-electron chi connectivity index (χ3n) is 5.32. The van der Waals surface area contributed by atoms with Crippen molar-refractivity contribution in [3.8, 4) is 0 Å². The second-order valence-corrected chi connectivity index (χ2v) is 7.24. The van der Waals surface area contributed by atoms with Gasteiger partial charge in [0.2, 0.25) is 5.91 Å². The zero-order chi connectivity index (χ0) is 19.0. The van der Waals surface area contributed by atoms with E-state index in [2.05, 4.69) is 22.7 Å². The topological polar surface area (TPSA) is 89.2 Å². The molecule has 1 aliphatic rings. The zero-order valence-electron chi connectivity index (χ0n) is 15.6.